The zero-order chi connectivity index (χ0) is 11.4. The Morgan fingerprint density at radius 2 is 2.06 bits per heavy atom. The number of benzene rings is 1. The normalized spacial score (nSPS) is 17.6. The van der Waals surface area contributed by atoms with E-state index >= 15 is 0 Å². The number of hydrogen-bond donors (Lipinski definition) is 1. The minimum atomic E-state index is -0.399. The van der Waals surface area contributed by atoms with Crippen molar-refractivity contribution in [3.63, 3.8) is 0 Å². The van der Waals surface area contributed by atoms with Crippen LogP contribution in [0.25, 0.3) is 0 Å². The van der Waals surface area contributed by atoms with Crippen LogP contribution in [0.1, 0.15) is 37.2 Å². The van der Waals surface area contributed by atoms with Crippen molar-refractivity contribution in [2.24, 2.45) is 0 Å². The average Bonchev–Trinajstić information content (AvgIpc) is 2.31. The first kappa shape index (κ1) is 11.4. The van der Waals surface area contributed by atoms with E-state index in [1.165, 1.54) is 0 Å². The molecule has 0 radical (unpaired) electrons. The van der Waals surface area contributed by atoms with Gasteiger partial charge in [0.05, 0.1) is 13.2 Å². The minimum absolute atomic E-state index is 0.276. The highest BCUT2D eigenvalue weighted by atomic mass is 16.7. The number of aryl methyl sites for hydroxylation is 1. The summed E-state index contributed by atoms with van der Waals surface area (Å²) in [6.45, 7) is 3.51. The Bertz CT molecular complexity index is 343. The van der Waals surface area contributed by atoms with Gasteiger partial charge in [-0.3, -0.25) is 0 Å². The molecular formula is C13H18O3. The van der Waals surface area contributed by atoms with Crippen molar-refractivity contribution >= 4 is 0 Å². The van der Waals surface area contributed by atoms with Crippen LogP contribution in [-0.4, -0.2) is 18.3 Å². The molecule has 3 nitrogen and oxygen atoms in total. The molecule has 1 N–H and O–H groups in total. The summed E-state index contributed by atoms with van der Waals surface area (Å²) in [5.74, 6) is 0.276. The molecule has 88 valence electrons. The summed E-state index contributed by atoms with van der Waals surface area (Å²) in [6.07, 6.45) is 2.59. The predicted octanol–water partition coefficient (Wildman–Crippen LogP) is 2.78. The fourth-order valence-electron chi connectivity index (χ4n) is 1.90. The van der Waals surface area contributed by atoms with Gasteiger partial charge in [-0.1, -0.05) is 19.4 Å². The number of ether oxygens (including phenoxy) is 2. The molecule has 0 spiro atoms. The third kappa shape index (κ3) is 2.54. The Balaban J connectivity index is 2.14. The van der Waals surface area contributed by atoms with Crippen LogP contribution in [0.2, 0.25) is 0 Å². The van der Waals surface area contributed by atoms with Crippen LogP contribution in [0.15, 0.2) is 18.2 Å². The molecule has 1 aromatic rings. The highest BCUT2D eigenvalue weighted by Gasteiger charge is 2.19. The van der Waals surface area contributed by atoms with E-state index in [4.69, 9.17) is 9.47 Å². The van der Waals surface area contributed by atoms with Gasteiger partial charge in [0.25, 0.3) is 0 Å². The Morgan fingerprint density at radius 1 is 1.31 bits per heavy atom. The number of hydrogen-bond acceptors (Lipinski definition) is 3. The summed E-state index contributed by atoms with van der Waals surface area (Å²) in [5, 5.41) is 9.91. The third-order valence-electron chi connectivity index (χ3n) is 2.71. The van der Waals surface area contributed by atoms with Gasteiger partial charge >= 0.3 is 0 Å². The number of phenolic OH excluding ortho intramolecular Hbond substituents is 1. The number of aromatic hydroxyl groups is 1. The fraction of sp³-hybridized carbons (Fsp3) is 0.538. The molecule has 1 fully saturated rings. The lowest BCUT2D eigenvalue weighted by atomic mass is 10.1. The summed E-state index contributed by atoms with van der Waals surface area (Å²) < 4.78 is 10.9. The van der Waals surface area contributed by atoms with E-state index in [0.717, 1.165) is 30.4 Å². The summed E-state index contributed by atoms with van der Waals surface area (Å²) in [7, 11) is 0. The lowest BCUT2D eigenvalue weighted by molar-refractivity contribution is -0.183. The summed E-state index contributed by atoms with van der Waals surface area (Å²) in [6, 6.07) is 5.73. The van der Waals surface area contributed by atoms with Gasteiger partial charge < -0.3 is 14.6 Å². The Labute approximate surface area is 96.0 Å². The zero-order valence-electron chi connectivity index (χ0n) is 9.61. The highest BCUT2D eigenvalue weighted by Crippen LogP contribution is 2.30. The largest absolute Gasteiger partial charge is 0.507 e. The Hall–Kier alpha value is -1.06. The molecule has 1 aliphatic heterocycles. The van der Waals surface area contributed by atoms with E-state index in [1.54, 1.807) is 6.07 Å². The SMILES string of the molecule is CCCc1ccc(C2OCCCO2)c(O)c1. The van der Waals surface area contributed by atoms with Crippen LogP contribution in [0.5, 0.6) is 5.75 Å². The maximum atomic E-state index is 9.91. The predicted molar refractivity (Wildman–Crippen MR) is 61.4 cm³/mol. The Morgan fingerprint density at radius 3 is 2.69 bits per heavy atom. The molecule has 16 heavy (non-hydrogen) atoms. The molecule has 1 aromatic carbocycles. The van der Waals surface area contributed by atoms with E-state index in [2.05, 4.69) is 6.92 Å². The molecule has 2 rings (SSSR count). The van der Waals surface area contributed by atoms with E-state index in [9.17, 15) is 5.11 Å². The second-order valence-electron chi connectivity index (χ2n) is 4.07. The van der Waals surface area contributed by atoms with Crippen LogP contribution >= 0.6 is 0 Å². The molecule has 0 unspecified atom stereocenters. The average molecular weight is 222 g/mol. The molecule has 0 aromatic heterocycles. The number of phenols is 1. The summed E-state index contributed by atoms with van der Waals surface area (Å²) in [4.78, 5) is 0. The lowest BCUT2D eigenvalue weighted by Crippen LogP contribution is -2.17. The topological polar surface area (TPSA) is 38.7 Å². The van der Waals surface area contributed by atoms with Crippen LogP contribution in [0.3, 0.4) is 0 Å². The molecular weight excluding hydrogens is 204 g/mol. The minimum Gasteiger partial charge on any atom is -0.507 e. The molecule has 1 heterocycles. The van der Waals surface area contributed by atoms with Crippen molar-refractivity contribution in [3.05, 3.63) is 29.3 Å². The third-order valence-corrected chi connectivity index (χ3v) is 2.71. The molecule has 3 heteroatoms. The smallest absolute Gasteiger partial charge is 0.187 e. The standard InChI is InChI=1S/C13H18O3/c1-2-4-10-5-6-11(12(14)9-10)13-15-7-3-8-16-13/h5-6,9,13-14H,2-4,7-8H2,1H3. The van der Waals surface area contributed by atoms with Gasteiger partial charge in [-0.25, -0.2) is 0 Å². The lowest BCUT2D eigenvalue weighted by Gasteiger charge is -2.24. The maximum Gasteiger partial charge on any atom is 0.187 e. The molecule has 0 atom stereocenters. The van der Waals surface area contributed by atoms with E-state index in [0.29, 0.717) is 13.2 Å². The molecule has 1 aliphatic rings. The van der Waals surface area contributed by atoms with Crippen molar-refractivity contribution < 1.29 is 14.6 Å². The van der Waals surface area contributed by atoms with Crippen molar-refractivity contribution in [3.8, 4) is 5.75 Å². The molecule has 0 bridgehead atoms. The molecule has 0 amide bonds. The van der Waals surface area contributed by atoms with Gasteiger partial charge in [0.1, 0.15) is 5.75 Å². The second kappa shape index (κ2) is 5.32. The van der Waals surface area contributed by atoms with Gasteiger partial charge in [-0.2, -0.15) is 0 Å². The van der Waals surface area contributed by atoms with E-state index < -0.39 is 6.29 Å². The van der Waals surface area contributed by atoms with Crippen LogP contribution in [0.4, 0.5) is 0 Å². The summed E-state index contributed by atoms with van der Waals surface area (Å²) in [5.41, 5.74) is 1.89. The first-order valence-corrected chi connectivity index (χ1v) is 5.86. The van der Waals surface area contributed by atoms with E-state index in [-0.39, 0.29) is 5.75 Å². The quantitative estimate of drug-likeness (QED) is 0.854. The van der Waals surface area contributed by atoms with Crippen LogP contribution in [0, 0.1) is 0 Å². The van der Waals surface area contributed by atoms with Crippen LogP contribution < -0.4 is 0 Å². The van der Waals surface area contributed by atoms with Crippen molar-refractivity contribution in [2.75, 3.05) is 13.2 Å². The Kier molecular flexibility index (Phi) is 3.80. The molecule has 0 saturated carbocycles. The van der Waals surface area contributed by atoms with Gasteiger partial charge in [-0.15, -0.1) is 0 Å². The number of rotatable bonds is 3. The fourth-order valence-corrected chi connectivity index (χ4v) is 1.90. The highest BCUT2D eigenvalue weighted by molar-refractivity contribution is 5.37. The van der Waals surface area contributed by atoms with Gasteiger partial charge in [0.15, 0.2) is 6.29 Å². The van der Waals surface area contributed by atoms with Crippen molar-refractivity contribution in [1.29, 1.82) is 0 Å². The molecule has 1 saturated heterocycles. The summed E-state index contributed by atoms with van der Waals surface area (Å²) >= 11 is 0. The van der Waals surface area contributed by atoms with Gasteiger partial charge in [0, 0.05) is 5.56 Å². The first-order valence-electron chi connectivity index (χ1n) is 5.86. The zero-order valence-corrected chi connectivity index (χ0v) is 9.61. The van der Waals surface area contributed by atoms with Gasteiger partial charge in [0.2, 0.25) is 0 Å². The molecule has 0 aliphatic carbocycles. The first-order chi connectivity index (χ1) is 7.81. The van der Waals surface area contributed by atoms with Gasteiger partial charge in [-0.05, 0) is 30.5 Å². The second-order valence-corrected chi connectivity index (χ2v) is 4.07. The van der Waals surface area contributed by atoms with Crippen molar-refractivity contribution in [1.82, 2.24) is 0 Å². The maximum absolute atomic E-state index is 9.91. The van der Waals surface area contributed by atoms with E-state index in [1.807, 2.05) is 12.1 Å². The van der Waals surface area contributed by atoms with Crippen molar-refractivity contribution in [2.45, 2.75) is 32.5 Å². The van der Waals surface area contributed by atoms with Crippen LogP contribution in [-0.2, 0) is 15.9 Å². The monoisotopic (exact) mass is 222 g/mol.